The maximum atomic E-state index is 13.1. The highest BCUT2D eigenvalue weighted by Gasteiger charge is 2.30. The van der Waals surface area contributed by atoms with Gasteiger partial charge in [0.1, 0.15) is 0 Å². The van der Waals surface area contributed by atoms with E-state index in [1.54, 1.807) is 0 Å². The minimum atomic E-state index is -0.334. The number of benzene rings is 2. The van der Waals surface area contributed by atoms with E-state index >= 15 is 0 Å². The molecule has 0 unspecified atom stereocenters. The van der Waals surface area contributed by atoms with E-state index in [-0.39, 0.29) is 36.2 Å². The number of carbonyl (C=O) groups excluding carboxylic acids is 3. The molecule has 7 heteroatoms. The van der Waals surface area contributed by atoms with Gasteiger partial charge in [-0.3, -0.25) is 19.3 Å². The molecule has 7 nitrogen and oxygen atoms in total. The normalized spacial score (nSPS) is 17.8. The Hall–Kier alpha value is -2.93. The molecule has 0 bridgehead atoms. The molecule has 0 aromatic heterocycles. The topological polar surface area (TPSA) is 105 Å². The monoisotopic (exact) mass is 394 g/mol. The summed E-state index contributed by atoms with van der Waals surface area (Å²) in [4.78, 5) is 38.4. The molecule has 1 heterocycles. The van der Waals surface area contributed by atoms with E-state index in [2.05, 4.69) is 10.6 Å². The first-order valence-electron chi connectivity index (χ1n) is 10.1. The molecule has 2 aromatic carbocycles. The molecule has 1 saturated heterocycles. The minimum absolute atomic E-state index is 0.0194. The van der Waals surface area contributed by atoms with Crippen molar-refractivity contribution in [2.24, 2.45) is 11.7 Å². The molecule has 2 fully saturated rings. The van der Waals surface area contributed by atoms with Gasteiger partial charge in [-0.1, -0.05) is 24.3 Å². The van der Waals surface area contributed by atoms with Gasteiger partial charge in [-0.2, -0.15) is 0 Å². The number of hydrogen-bond donors (Lipinski definition) is 3. The van der Waals surface area contributed by atoms with Gasteiger partial charge in [0.25, 0.3) is 5.91 Å². The van der Waals surface area contributed by atoms with Crippen LogP contribution in [0.2, 0.25) is 0 Å². The van der Waals surface area contributed by atoms with E-state index in [4.69, 9.17) is 5.73 Å². The lowest BCUT2D eigenvalue weighted by Gasteiger charge is -2.31. The number of primary amides is 1. The molecule has 4 rings (SSSR count). The Morgan fingerprint density at radius 1 is 1.00 bits per heavy atom. The summed E-state index contributed by atoms with van der Waals surface area (Å²) in [5.41, 5.74) is 6.30. The van der Waals surface area contributed by atoms with E-state index in [0.717, 1.165) is 49.5 Å². The van der Waals surface area contributed by atoms with Crippen LogP contribution in [0, 0.1) is 5.92 Å². The molecule has 3 amide bonds. The number of rotatable bonds is 6. The van der Waals surface area contributed by atoms with Crippen LogP contribution >= 0.6 is 0 Å². The second-order valence-corrected chi connectivity index (χ2v) is 8.00. The third kappa shape index (κ3) is 4.74. The van der Waals surface area contributed by atoms with Crippen molar-refractivity contribution in [3.63, 3.8) is 0 Å². The number of nitrogens with one attached hydrogen (secondary N) is 2. The number of likely N-dealkylation sites (tertiary alicyclic amines) is 1. The fourth-order valence-electron chi connectivity index (χ4n) is 3.83. The van der Waals surface area contributed by atoms with Gasteiger partial charge >= 0.3 is 0 Å². The summed E-state index contributed by atoms with van der Waals surface area (Å²) in [6.45, 7) is 1.69. The maximum Gasteiger partial charge on any atom is 0.253 e. The molecule has 0 atom stereocenters. The number of hydrogen-bond acceptors (Lipinski definition) is 4. The fraction of sp³-hybridized carbons (Fsp3) is 0.409. The Balaban J connectivity index is 1.50. The van der Waals surface area contributed by atoms with Crippen molar-refractivity contribution in [3.05, 3.63) is 42.0 Å². The van der Waals surface area contributed by atoms with Crippen LogP contribution in [-0.2, 0) is 9.59 Å². The fourth-order valence-corrected chi connectivity index (χ4v) is 3.83. The Morgan fingerprint density at radius 2 is 1.66 bits per heavy atom. The highest BCUT2D eigenvalue weighted by atomic mass is 16.2. The predicted octanol–water partition coefficient (Wildman–Crippen LogP) is 1.87. The second kappa shape index (κ2) is 8.21. The molecule has 1 aliphatic heterocycles. The summed E-state index contributed by atoms with van der Waals surface area (Å²) >= 11 is 0. The first-order valence-corrected chi connectivity index (χ1v) is 10.1. The number of nitrogens with two attached hydrogens (primary N) is 1. The molecule has 2 aliphatic rings. The van der Waals surface area contributed by atoms with Crippen molar-refractivity contribution in [2.45, 2.75) is 31.7 Å². The number of anilines is 1. The standard InChI is InChI=1S/C22H26N4O3/c23-20(27)13-26-9-7-17(8-10-26)24-22(29)18-11-15-3-1-2-4-16(15)12-19(18)25-21(28)14-5-6-14/h1-4,11-12,14,17H,5-10,13H2,(H2,23,27)(H,24,29)(H,25,28). The summed E-state index contributed by atoms with van der Waals surface area (Å²) in [6, 6.07) is 11.6. The summed E-state index contributed by atoms with van der Waals surface area (Å²) in [6.07, 6.45) is 3.34. The summed E-state index contributed by atoms with van der Waals surface area (Å²) < 4.78 is 0. The van der Waals surface area contributed by atoms with Gasteiger partial charge < -0.3 is 16.4 Å². The second-order valence-electron chi connectivity index (χ2n) is 8.00. The van der Waals surface area contributed by atoms with Crippen LogP contribution in [0.5, 0.6) is 0 Å². The molecule has 152 valence electrons. The Morgan fingerprint density at radius 3 is 2.28 bits per heavy atom. The molecule has 29 heavy (non-hydrogen) atoms. The minimum Gasteiger partial charge on any atom is -0.369 e. The van der Waals surface area contributed by atoms with E-state index < -0.39 is 0 Å². The molecule has 0 radical (unpaired) electrons. The van der Waals surface area contributed by atoms with E-state index in [0.29, 0.717) is 11.3 Å². The third-order valence-electron chi connectivity index (χ3n) is 5.64. The Bertz CT molecular complexity index is 946. The van der Waals surface area contributed by atoms with Crippen molar-refractivity contribution in [3.8, 4) is 0 Å². The lowest BCUT2D eigenvalue weighted by Crippen LogP contribution is -2.46. The largest absolute Gasteiger partial charge is 0.369 e. The van der Waals surface area contributed by atoms with Crippen LogP contribution in [0.1, 0.15) is 36.0 Å². The molecular formula is C22H26N4O3. The Kier molecular flexibility index (Phi) is 5.49. The van der Waals surface area contributed by atoms with Crippen molar-refractivity contribution in [1.82, 2.24) is 10.2 Å². The zero-order valence-corrected chi connectivity index (χ0v) is 16.3. The van der Waals surface area contributed by atoms with Gasteiger partial charge in [0.2, 0.25) is 11.8 Å². The number of piperidine rings is 1. The van der Waals surface area contributed by atoms with Crippen LogP contribution in [-0.4, -0.2) is 48.3 Å². The van der Waals surface area contributed by atoms with Crippen LogP contribution in [0.4, 0.5) is 5.69 Å². The van der Waals surface area contributed by atoms with Gasteiger partial charge in [-0.05, 0) is 48.6 Å². The van der Waals surface area contributed by atoms with Gasteiger partial charge in [0.15, 0.2) is 0 Å². The third-order valence-corrected chi connectivity index (χ3v) is 5.64. The van der Waals surface area contributed by atoms with Crippen LogP contribution in [0.15, 0.2) is 36.4 Å². The first-order chi connectivity index (χ1) is 14.0. The highest BCUT2D eigenvalue weighted by molar-refractivity contribution is 6.08. The molecule has 0 spiro atoms. The first kappa shape index (κ1) is 19.4. The maximum absolute atomic E-state index is 13.1. The molecule has 4 N–H and O–H groups in total. The van der Waals surface area contributed by atoms with E-state index in [9.17, 15) is 14.4 Å². The highest BCUT2D eigenvalue weighted by Crippen LogP contribution is 2.32. The van der Waals surface area contributed by atoms with Gasteiger partial charge in [0.05, 0.1) is 17.8 Å². The quantitative estimate of drug-likeness (QED) is 0.696. The number of carbonyl (C=O) groups is 3. The number of amides is 3. The van der Waals surface area contributed by atoms with Gasteiger partial charge in [0, 0.05) is 25.0 Å². The van der Waals surface area contributed by atoms with Gasteiger partial charge in [-0.25, -0.2) is 0 Å². The lowest BCUT2D eigenvalue weighted by atomic mass is 10.0. The SMILES string of the molecule is NC(=O)CN1CCC(NC(=O)c2cc3ccccc3cc2NC(=O)C2CC2)CC1. The molecule has 1 saturated carbocycles. The van der Waals surface area contributed by atoms with Crippen molar-refractivity contribution < 1.29 is 14.4 Å². The Labute approximate surface area is 169 Å². The summed E-state index contributed by atoms with van der Waals surface area (Å²) in [5, 5.41) is 7.99. The van der Waals surface area contributed by atoms with Crippen molar-refractivity contribution in [2.75, 3.05) is 25.0 Å². The lowest BCUT2D eigenvalue weighted by molar-refractivity contribution is -0.119. The summed E-state index contributed by atoms with van der Waals surface area (Å²) in [5.74, 6) is -0.476. The number of fused-ring (bicyclic) bond motifs is 1. The molecule has 1 aliphatic carbocycles. The van der Waals surface area contributed by atoms with E-state index in [1.165, 1.54) is 0 Å². The van der Waals surface area contributed by atoms with Crippen molar-refractivity contribution >= 4 is 34.2 Å². The molecular weight excluding hydrogens is 368 g/mol. The zero-order chi connectivity index (χ0) is 20.4. The van der Waals surface area contributed by atoms with Crippen molar-refractivity contribution in [1.29, 1.82) is 0 Å². The smallest absolute Gasteiger partial charge is 0.253 e. The van der Waals surface area contributed by atoms with Crippen LogP contribution < -0.4 is 16.4 Å². The average molecular weight is 394 g/mol. The van der Waals surface area contributed by atoms with Crippen LogP contribution in [0.3, 0.4) is 0 Å². The van der Waals surface area contributed by atoms with Gasteiger partial charge in [-0.15, -0.1) is 0 Å². The summed E-state index contributed by atoms with van der Waals surface area (Å²) in [7, 11) is 0. The van der Waals surface area contributed by atoms with Crippen LogP contribution in [0.25, 0.3) is 10.8 Å². The number of nitrogens with zero attached hydrogens (tertiary/aromatic N) is 1. The predicted molar refractivity (Wildman–Crippen MR) is 111 cm³/mol. The average Bonchev–Trinajstić information content (AvgIpc) is 3.54. The zero-order valence-electron chi connectivity index (χ0n) is 16.3. The van der Waals surface area contributed by atoms with E-state index in [1.807, 2.05) is 41.3 Å². The molecule has 2 aromatic rings.